The molecule has 0 saturated heterocycles. The van der Waals surface area contributed by atoms with Crippen molar-refractivity contribution in [2.24, 2.45) is 0 Å². The molecular formula is C19H24BrN. The summed E-state index contributed by atoms with van der Waals surface area (Å²) in [5, 5.41) is 3.64. The Labute approximate surface area is 136 Å². The Morgan fingerprint density at radius 3 is 2.24 bits per heavy atom. The van der Waals surface area contributed by atoms with Crippen molar-refractivity contribution in [3.63, 3.8) is 0 Å². The highest BCUT2D eigenvalue weighted by atomic mass is 79.9. The maximum absolute atomic E-state index is 3.66. The number of aryl methyl sites for hydroxylation is 2. The SMILES string of the molecule is CCNC(Cc1ccccc1Br)Cc1c(C)cccc1C. The van der Waals surface area contributed by atoms with Crippen LogP contribution in [0.3, 0.4) is 0 Å². The number of rotatable bonds is 6. The Hall–Kier alpha value is -1.12. The zero-order valence-electron chi connectivity index (χ0n) is 13.1. The van der Waals surface area contributed by atoms with E-state index >= 15 is 0 Å². The van der Waals surface area contributed by atoms with Gasteiger partial charge in [-0.1, -0.05) is 59.3 Å². The molecule has 0 aliphatic heterocycles. The van der Waals surface area contributed by atoms with Gasteiger partial charge in [-0.05, 0) is 61.6 Å². The lowest BCUT2D eigenvalue weighted by atomic mass is 9.93. The average Bonchev–Trinajstić information content (AvgIpc) is 2.45. The van der Waals surface area contributed by atoms with Crippen LogP contribution < -0.4 is 5.32 Å². The van der Waals surface area contributed by atoms with Gasteiger partial charge in [-0.25, -0.2) is 0 Å². The van der Waals surface area contributed by atoms with Crippen molar-refractivity contribution >= 4 is 15.9 Å². The van der Waals surface area contributed by atoms with Gasteiger partial charge in [0, 0.05) is 10.5 Å². The molecule has 0 spiro atoms. The molecule has 1 atom stereocenters. The summed E-state index contributed by atoms with van der Waals surface area (Å²) in [6, 6.07) is 15.5. The summed E-state index contributed by atoms with van der Waals surface area (Å²) in [4.78, 5) is 0. The molecule has 2 aromatic rings. The summed E-state index contributed by atoms with van der Waals surface area (Å²) in [6.07, 6.45) is 2.12. The maximum atomic E-state index is 3.66. The van der Waals surface area contributed by atoms with E-state index in [1.165, 1.54) is 26.7 Å². The van der Waals surface area contributed by atoms with Crippen LogP contribution >= 0.6 is 15.9 Å². The standard InChI is InChI=1S/C19H24BrN/c1-4-21-17(12-16-10-5-6-11-19(16)20)13-18-14(2)8-7-9-15(18)3/h5-11,17,21H,4,12-13H2,1-3H3. The van der Waals surface area contributed by atoms with Crippen LogP contribution in [0.1, 0.15) is 29.2 Å². The van der Waals surface area contributed by atoms with Crippen LogP contribution in [0.2, 0.25) is 0 Å². The molecule has 0 aliphatic carbocycles. The lowest BCUT2D eigenvalue weighted by molar-refractivity contribution is 0.519. The third-order valence-corrected chi connectivity index (χ3v) is 4.79. The Balaban J connectivity index is 2.18. The van der Waals surface area contributed by atoms with E-state index in [0.29, 0.717) is 6.04 Å². The first-order chi connectivity index (χ1) is 10.1. The molecule has 0 saturated carbocycles. The molecule has 0 aromatic heterocycles. The van der Waals surface area contributed by atoms with E-state index in [-0.39, 0.29) is 0 Å². The van der Waals surface area contributed by atoms with E-state index in [4.69, 9.17) is 0 Å². The topological polar surface area (TPSA) is 12.0 Å². The number of halogens is 1. The highest BCUT2D eigenvalue weighted by Crippen LogP contribution is 2.21. The smallest absolute Gasteiger partial charge is 0.0207 e. The summed E-state index contributed by atoms with van der Waals surface area (Å²) >= 11 is 3.66. The molecule has 1 unspecified atom stereocenters. The third-order valence-electron chi connectivity index (χ3n) is 4.01. The van der Waals surface area contributed by atoms with Gasteiger partial charge in [0.2, 0.25) is 0 Å². The van der Waals surface area contributed by atoms with Crippen LogP contribution in [-0.4, -0.2) is 12.6 Å². The van der Waals surface area contributed by atoms with E-state index in [2.05, 4.69) is 84.5 Å². The molecule has 0 amide bonds. The zero-order chi connectivity index (χ0) is 15.2. The normalized spacial score (nSPS) is 12.4. The summed E-state index contributed by atoms with van der Waals surface area (Å²) in [5.41, 5.74) is 5.64. The van der Waals surface area contributed by atoms with Gasteiger partial charge in [0.15, 0.2) is 0 Å². The van der Waals surface area contributed by atoms with E-state index in [9.17, 15) is 0 Å². The molecule has 2 rings (SSSR count). The molecule has 112 valence electrons. The Bertz CT molecular complexity index is 572. The number of hydrogen-bond donors (Lipinski definition) is 1. The Morgan fingerprint density at radius 1 is 0.952 bits per heavy atom. The number of nitrogens with one attached hydrogen (secondary N) is 1. The van der Waals surface area contributed by atoms with E-state index in [1.54, 1.807) is 0 Å². The highest BCUT2D eigenvalue weighted by molar-refractivity contribution is 9.10. The van der Waals surface area contributed by atoms with Gasteiger partial charge in [-0.2, -0.15) is 0 Å². The number of benzene rings is 2. The van der Waals surface area contributed by atoms with Gasteiger partial charge >= 0.3 is 0 Å². The monoisotopic (exact) mass is 345 g/mol. The minimum Gasteiger partial charge on any atom is -0.314 e. The lowest BCUT2D eigenvalue weighted by Gasteiger charge is -2.21. The van der Waals surface area contributed by atoms with Crippen molar-refractivity contribution < 1.29 is 0 Å². The van der Waals surface area contributed by atoms with Gasteiger partial charge in [0.25, 0.3) is 0 Å². The van der Waals surface area contributed by atoms with Gasteiger partial charge in [0.1, 0.15) is 0 Å². The molecule has 0 fully saturated rings. The molecule has 1 nitrogen and oxygen atoms in total. The molecule has 2 aromatic carbocycles. The van der Waals surface area contributed by atoms with Gasteiger partial charge in [-0.15, -0.1) is 0 Å². The van der Waals surface area contributed by atoms with E-state index < -0.39 is 0 Å². The fraction of sp³-hybridized carbons (Fsp3) is 0.368. The molecule has 0 radical (unpaired) electrons. The summed E-state index contributed by atoms with van der Waals surface area (Å²) < 4.78 is 1.20. The van der Waals surface area contributed by atoms with Crippen molar-refractivity contribution in [1.82, 2.24) is 5.32 Å². The predicted octanol–water partition coefficient (Wildman–Crippen LogP) is 4.83. The molecule has 0 heterocycles. The average molecular weight is 346 g/mol. The largest absolute Gasteiger partial charge is 0.314 e. The summed E-state index contributed by atoms with van der Waals surface area (Å²) in [7, 11) is 0. The van der Waals surface area contributed by atoms with E-state index in [1.807, 2.05) is 0 Å². The quantitative estimate of drug-likeness (QED) is 0.790. The minimum atomic E-state index is 0.466. The van der Waals surface area contributed by atoms with Gasteiger partial charge in [-0.3, -0.25) is 0 Å². The first kappa shape index (κ1) is 16.3. The first-order valence-electron chi connectivity index (χ1n) is 7.63. The second-order valence-electron chi connectivity index (χ2n) is 5.62. The molecular weight excluding hydrogens is 322 g/mol. The fourth-order valence-electron chi connectivity index (χ4n) is 2.85. The molecule has 0 bridgehead atoms. The maximum Gasteiger partial charge on any atom is 0.0207 e. The minimum absolute atomic E-state index is 0.466. The van der Waals surface area contributed by atoms with Crippen LogP contribution in [0.5, 0.6) is 0 Å². The predicted molar refractivity (Wildman–Crippen MR) is 94.9 cm³/mol. The van der Waals surface area contributed by atoms with Crippen LogP contribution in [0.15, 0.2) is 46.9 Å². The third kappa shape index (κ3) is 4.42. The van der Waals surface area contributed by atoms with Crippen LogP contribution in [-0.2, 0) is 12.8 Å². The lowest BCUT2D eigenvalue weighted by Crippen LogP contribution is -2.33. The number of hydrogen-bond acceptors (Lipinski definition) is 1. The molecule has 2 heteroatoms. The summed E-state index contributed by atoms with van der Waals surface area (Å²) in [6.45, 7) is 7.60. The van der Waals surface area contributed by atoms with Crippen molar-refractivity contribution in [3.05, 3.63) is 69.2 Å². The van der Waals surface area contributed by atoms with Crippen molar-refractivity contribution in [3.8, 4) is 0 Å². The number of likely N-dealkylation sites (N-methyl/N-ethyl adjacent to an activating group) is 1. The molecule has 0 aliphatic rings. The van der Waals surface area contributed by atoms with Gasteiger partial charge < -0.3 is 5.32 Å². The van der Waals surface area contributed by atoms with Crippen molar-refractivity contribution in [2.75, 3.05) is 6.54 Å². The van der Waals surface area contributed by atoms with Gasteiger partial charge in [0.05, 0.1) is 0 Å². The van der Waals surface area contributed by atoms with Crippen molar-refractivity contribution in [1.29, 1.82) is 0 Å². The van der Waals surface area contributed by atoms with Crippen LogP contribution in [0.25, 0.3) is 0 Å². The Kier molecular flexibility index (Phi) is 6.01. The zero-order valence-corrected chi connectivity index (χ0v) is 14.7. The fourth-order valence-corrected chi connectivity index (χ4v) is 3.30. The highest BCUT2D eigenvalue weighted by Gasteiger charge is 2.13. The Morgan fingerprint density at radius 2 is 1.62 bits per heavy atom. The second kappa shape index (κ2) is 7.77. The van der Waals surface area contributed by atoms with Crippen molar-refractivity contribution in [2.45, 2.75) is 39.7 Å². The van der Waals surface area contributed by atoms with E-state index in [0.717, 1.165) is 19.4 Å². The molecule has 1 N–H and O–H groups in total. The second-order valence-corrected chi connectivity index (χ2v) is 6.48. The summed E-state index contributed by atoms with van der Waals surface area (Å²) in [5.74, 6) is 0. The van der Waals surface area contributed by atoms with Crippen LogP contribution in [0, 0.1) is 13.8 Å². The van der Waals surface area contributed by atoms with Crippen LogP contribution in [0.4, 0.5) is 0 Å². The first-order valence-corrected chi connectivity index (χ1v) is 8.43. The molecule has 21 heavy (non-hydrogen) atoms.